The van der Waals surface area contributed by atoms with Crippen molar-refractivity contribution in [1.29, 1.82) is 0 Å². The second-order valence-electron chi connectivity index (χ2n) is 4.48. The first-order valence-corrected chi connectivity index (χ1v) is 6.68. The fourth-order valence-electron chi connectivity index (χ4n) is 2.09. The zero-order valence-electron chi connectivity index (χ0n) is 10.9. The van der Waals surface area contributed by atoms with Crippen molar-refractivity contribution in [1.82, 2.24) is 9.55 Å². The van der Waals surface area contributed by atoms with Crippen LogP contribution in [0, 0.1) is 14.9 Å². The fraction of sp³-hybridized carbons (Fsp3) is 0. The summed E-state index contributed by atoms with van der Waals surface area (Å²) in [7, 11) is 0. The van der Waals surface area contributed by atoms with Gasteiger partial charge in [0.25, 0.3) is 5.69 Å². The number of aromatic nitrogens is 2. The summed E-state index contributed by atoms with van der Waals surface area (Å²) in [5.74, 6) is 0. The first-order valence-electron chi connectivity index (χ1n) is 6.27. The van der Waals surface area contributed by atoms with Crippen LogP contribution in [-0.2, 0) is 0 Å². The van der Waals surface area contributed by atoms with E-state index in [1.165, 1.54) is 12.1 Å². The number of nitro groups is 1. The highest BCUT2D eigenvalue weighted by atomic mass is 32.1. The Kier molecular flexibility index (Phi) is 3.37. The van der Waals surface area contributed by atoms with Crippen molar-refractivity contribution in [3.05, 3.63) is 75.7 Å². The summed E-state index contributed by atoms with van der Waals surface area (Å²) in [4.78, 5) is 13.4. The second kappa shape index (κ2) is 5.34. The standard InChI is InChI=1S/C15H11N3O2S/c19-18(20)13-8-6-12(7-9-13)17-10-14(16-15(17)21)11-4-2-1-3-5-11/h1-10H,(H,16,21). The maximum Gasteiger partial charge on any atom is 0.269 e. The zero-order valence-corrected chi connectivity index (χ0v) is 11.7. The summed E-state index contributed by atoms with van der Waals surface area (Å²) in [5.41, 5.74) is 2.77. The molecule has 3 rings (SSSR count). The van der Waals surface area contributed by atoms with Gasteiger partial charge in [-0.1, -0.05) is 30.3 Å². The summed E-state index contributed by atoms with van der Waals surface area (Å²) in [5, 5.41) is 10.7. The van der Waals surface area contributed by atoms with Gasteiger partial charge in [0.15, 0.2) is 4.77 Å². The number of hydrogen-bond donors (Lipinski definition) is 1. The predicted octanol–water partition coefficient (Wildman–Crippen LogP) is 4.11. The first-order chi connectivity index (χ1) is 10.1. The van der Waals surface area contributed by atoms with Gasteiger partial charge in [-0.2, -0.15) is 0 Å². The van der Waals surface area contributed by atoms with Gasteiger partial charge in [-0.15, -0.1) is 0 Å². The molecule has 6 heteroatoms. The smallest absolute Gasteiger partial charge is 0.269 e. The van der Waals surface area contributed by atoms with Crippen LogP contribution in [0.15, 0.2) is 60.8 Å². The van der Waals surface area contributed by atoms with Crippen molar-refractivity contribution >= 4 is 17.9 Å². The number of nitrogens with zero attached hydrogens (tertiary/aromatic N) is 2. The molecule has 0 aliphatic heterocycles. The van der Waals surface area contributed by atoms with Crippen LogP contribution in [0.25, 0.3) is 16.9 Å². The molecule has 5 nitrogen and oxygen atoms in total. The third kappa shape index (κ3) is 2.61. The summed E-state index contributed by atoms with van der Waals surface area (Å²) in [6.45, 7) is 0. The Morgan fingerprint density at radius 3 is 2.33 bits per heavy atom. The van der Waals surface area contributed by atoms with E-state index in [1.807, 2.05) is 36.5 Å². The van der Waals surface area contributed by atoms with Gasteiger partial charge in [0.2, 0.25) is 0 Å². The SMILES string of the molecule is O=[N+]([O-])c1ccc(-n2cc(-c3ccccc3)[nH]c2=S)cc1. The molecule has 3 aromatic rings. The van der Waals surface area contributed by atoms with Crippen LogP contribution in [0.5, 0.6) is 0 Å². The predicted molar refractivity (Wildman–Crippen MR) is 83.0 cm³/mol. The molecule has 1 N–H and O–H groups in total. The van der Waals surface area contributed by atoms with E-state index in [0.717, 1.165) is 16.9 Å². The van der Waals surface area contributed by atoms with Crippen molar-refractivity contribution in [2.24, 2.45) is 0 Å². The highest BCUT2D eigenvalue weighted by Crippen LogP contribution is 2.21. The lowest BCUT2D eigenvalue weighted by atomic mass is 10.2. The van der Waals surface area contributed by atoms with E-state index in [2.05, 4.69) is 4.98 Å². The molecule has 1 aromatic heterocycles. The Labute approximate surface area is 125 Å². The highest BCUT2D eigenvalue weighted by molar-refractivity contribution is 7.71. The topological polar surface area (TPSA) is 63.9 Å². The van der Waals surface area contributed by atoms with Crippen LogP contribution in [0.1, 0.15) is 0 Å². The van der Waals surface area contributed by atoms with E-state index in [4.69, 9.17) is 12.2 Å². The number of nitro benzene ring substituents is 1. The lowest BCUT2D eigenvalue weighted by Gasteiger charge is -2.01. The third-order valence-electron chi connectivity index (χ3n) is 3.14. The molecular weight excluding hydrogens is 286 g/mol. The highest BCUT2D eigenvalue weighted by Gasteiger charge is 2.07. The lowest BCUT2D eigenvalue weighted by molar-refractivity contribution is -0.384. The Bertz CT molecular complexity index is 835. The van der Waals surface area contributed by atoms with E-state index < -0.39 is 4.92 Å². The number of benzene rings is 2. The quantitative estimate of drug-likeness (QED) is 0.449. The number of aromatic amines is 1. The molecule has 104 valence electrons. The number of H-pyrrole nitrogens is 1. The summed E-state index contributed by atoms with van der Waals surface area (Å²) < 4.78 is 2.34. The Morgan fingerprint density at radius 2 is 1.71 bits per heavy atom. The van der Waals surface area contributed by atoms with Crippen LogP contribution in [-0.4, -0.2) is 14.5 Å². The average molecular weight is 297 g/mol. The van der Waals surface area contributed by atoms with Crippen LogP contribution in [0.4, 0.5) is 5.69 Å². The minimum atomic E-state index is -0.421. The third-order valence-corrected chi connectivity index (χ3v) is 3.44. The molecule has 21 heavy (non-hydrogen) atoms. The van der Waals surface area contributed by atoms with E-state index in [1.54, 1.807) is 16.7 Å². The number of nitrogens with one attached hydrogen (secondary N) is 1. The van der Waals surface area contributed by atoms with Crippen molar-refractivity contribution in [3.63, 3.8) is 0 Å². The molecule has 0 aliphatic rings. The number of hydrogen-bond acceptors (Lipinski definition) is 3. The second-order valence-corrected chi connectivity index (χ2v) is 4.87. The van der Waals surface area contributed by atoms with Crippen molar-refractivity contribution in [2.45, 2.75) is 0 Å². The fourth-order valence-corrected chi connectivity index (χ4v) is 2.35. The maximum atomic E-state index is 10.7. The normalized spacial score (nSPS) is 10.5. The van der Waals surface area contributed by atoms with Gasteiger partial charge in [-0.05, 0) is 29.9 Å². The molecule has 0 saturated carbocycles. The lowest BCUT2D eigenvalue weighted by Crippen LogP contribution is -1.93. The molecule has 0 amide bonds. The Balaban J connectivity index is 2.02. The van der Waals surface area contributed by atoms with E-state index in [0.29, 0.717) is 4.77 Å². The number of rotatable bonds is 3. The number of non-ortho nitro benzene ring substituents is 1. The largest absolute Gasteiger partial charge is 0.330 e. The van der Waals surface area contributed by atoms with Gasteiger partial charge in [0.05, 0.1) is 10.6 Å². The molecular formula is C15H11N3O2S. The molecule has 0 aliphatic carbocycles. The average Bonchev–Trinajstić information content (AvgIpc) is 2.90. The molecule has 0 unspecified atom stereocenters. The van der Waals surface area contributed by atoms with Gasteiger partial charge in [0, 0.05) is 24.0 Å². The Morgan fingerprint density at radius 1 is 1.05 bits per heavy atom. The Hall–Kier alpha value is -2.73. The molecule has 0 spiro atoms. The monoisotopic (exact) mass is 297 g/mol. The van der Waals surface area contributed by atoms with Gasteiger partial charge in [-0.25, -0.2) is 0 Å². The van der Waals surface area contributed by atoms with Crippen LogP contribution in [0.3, 0.4) is 0 Å². The minimum Gasteiger partial charge on any atom is -0.330 e. The van der Waals surface area contributed by atoms with E-state index in [-0.39, 0.29) is 5.69 Å². The maximum absolute atomic E-state index is 10.7. The van der Waals surface area contributed by atoms with Gasteiger partial charge in [0.1, 0.15) is 0 Å². The molecule has 0 saturated heterocycles. The zero-order chi connectivity index (χ0) is 14.8. The van der Waals surface area contributed by atoms with Crippen molar-refractivity contribution < 1.29 is 4.92 Å². The molecule has 0 radical (unpaired) electrons. The van der Waals surface area contributed by atoms with E-state index in [9.17, 15) is 10.1 Å². The molecule has 1 heterocycles. The number of imidazole rings is 1. The van der Waals surface area contributed by atoms with E-state index >= 15 is 0 Å². The summed E-state index contributed by atoms with van der Waals surface area (Å²) >= 11 is 5.31. The molecule has 0 bridgehead atoms. The van der Waals surface area contributed by atoms with Crippen molar-refractivity contribution in [2.75, 3.05) is 0 Å². The molecule has 2 aromatic carbocycles. The van der Waals surface area contributed by atoms with Crippen molar-refractivity contribution in [3.8, 4) is 16.9 Å². The first kappa shape index (κ1) is 13.3. The van der Waals surface area contributed by atoms with Crippen LogP contribution >= 0.6 is 12.2 Å². The van der Waals surface area contributed by atoms with Gasteiger partial charge < -0.3 is 4.98 Å². The summed E-state index contributed by atoms with van der Waals surface area (Å²) in [6, 6.07) is 16.1. The van der Waals surface area contributed by atoms with Crippen LogP contribution in [0.2, 0.25) is 0 Å². The van der Waals surface area contributed by atoms with Gasteiger partial charge >= 0.3 is 0 Å². The minimum absolute atomic E-state index is 0.0593. The molecule has 0 fully saturated rings. The summed E-state index contributed by atoms with van der Waals surface area (Å²) in [6.07, 6.45) is 1.89. The van der Waals surface area contributed by atoms with Gasteiger partial charge in [-0.3, -0.25) is 14.7 Å². The van der Waals surface area contributed by atoms with Crippen LogP contribution < -0.4 is 0 Å². The molecule has 0 atom stereocenters.